The van der Waals surface area contributed by atoms with Gasteiger partial charge in [-0.15, -0.1) is 11.3 Å². The van der Waals surface area contributed by atoms with Crippen LogP contribution in [-0.4, -0.2) is 6.54 Å². The summed E-state index contributed by atoms with van der Waals surface area (Å²) in [6, 6.07) is 10.4. The quantitative estimate of drug-likeness (QED) is 0.831. The molecule has 0 spiro atoms. The van der Waals surface area contributed by atoms with Gasteiger partial charge < -0.3 is 11.1 Å². The number of rotatable bonds is 4. The van der Waals surface area contributed by atoms with Gasteiger partial charge >= 0.3 is 0 Å². The van der Waals surface area contributed by atoms with Crippen molar-refractivity contribution in [1.82, 2.24) is 0 Å². The molecule has 0 saturated carbocycles. The van der Waals surface area contributed by atoms with Gasteiger partial charge in [0, 0.05) is 31.4 Å². The van der Waals surface area contributed by atoms with Gasteiger partial charge in [0.25, 0.3) is 0 Å². The van der Waals surface area contributed by atoms with E-state index in [1.54, 1.807) is 11.3 Å². The van der Waals surface area contributed by atoms with Crippen molar-refractivity contribution in [2.75, 3.05) is 11.9 Å². The molecule has 0 radical (unpaired) electrons. The number of nitrogens with one attached hydrogen (secondary N) is 1. The smallest absolute Gasteiger partial charge is 0.0729 e. The molecule has 0 aliphatic heterocycles. The topological polar surface area (TPSA) is 38.0 Å². The fourth-order valence-corrected chi connectivity index (χ4v) is 3.28. The Morgan fingerprint density at radius 3 is 2.41 bits per heavy atom. The maximum Gasteiger partial charge on any atom is 0.0729 e. The van der Waals surface area contributed by atoms with Gasteiger partial charge in [-0.1, -0.05) is 15.9 Å². The van der Waals surface area contributed by atoms with Crippen LogP contribution in [0.2, 0.25) is 0 Å². The van der Waals surface area contributed by atoms with Gasteiger partial charge in [0.05, 0.1) is 6.04 Å². The zero-order valence-electron chi connectivity index (χ0n) is 8.99. The fraction of sp³-hybridized carbons (Fsp3) is 0.167. The molecule has 17 heavy (non-hydrogen) atoms. The first-order valence-corrected chi connectivity index (χ1v) is 7.61. The standard InChI is InChI=1S/C12H12Br2N2S/c13-8-1-3-10(4-2-8)16-11(6-15)12-5-9(14)7-17-12/h1-5,7,11,16H,6,15H2. The van der Waals surface area contributed by atoms with E-state index in [9.17, 15) is 0 Å². The Balaban J connectivity index is 2.12. The van der Waals surface area contributed by atoms with E-state index in [-0.39, 0.29) is 6.04 Å². The van der Waals surface area contributed by atoms with Gasteiger partial charge in [-0.25, -0.2) is 0 Å². The highest BCUT2D eigenvalue weighted by Crippen LogP contribution is 2.28. The predicted molar refractivity (Wildman–Crippen MR) is 81.6 cm³/mol. The van der Waals surface area contributed by atoms with Crippen molar-refractivity contribution in [3.63, 3.8) is 0 Å². The SMILES string of the molecule is NCC(Nc1ccc(Br)cc1)c1cc(Br)cs1. The molecule has 0 fully saturated rings. The molecule has 1 unspecified atom stereocenters. The molecule has 2 nitrogen and oxygen atoms in total. The van der Waals surface area contributed by atoms with Crippen molar-refractivity contribution >= 4 is 48.9 Å². The van der Waals surface area contributed by atoms with Crippen molar-refractivity contribution in [3.8, 4) is 0 Å². The van der Waals surface area contributed by atoms with Gasteiger partial charge in [0.2, 0.25) is 0 Å². The van der Waals surface area contributed by atoms with Crippen LogP contribution in [0.3, 0.4) is 0 Å². The molecular weight excluding hydrogens is 364 g/mol. The average molecular weight is 376 g/mol. The van der Waals surface area contributed by atoms with E-state index >= 15 is 0 Å². The fourth-order valence-electron chi connectivity index (χ4n) is 1.50. The minimum Gasteiger partial charge on any atom is -0.376 e. The number of hydrogen-bond donors (Lipinski definition) is 2. The van der Waals surface area contributed by atoms with Crippen LogP contribution >= 0.6 is 43.2 Å². The molecule has 1 aromatic carbocycles. The third-order valence-electron chi connectivity index (χ3n) is 2.35. The second-order valence-electron chi connectivity index (χ2n) is 3.61. The maximum atomic E-state index is 5.81. The molecule has 1 heterocycles. The summed E-state index contributed by atoms with van der Waals surface area (Å²) in [5, 5.41) is 5.50. The number of halogens is 2. The molecule has 2 aromatic rings. The highest BCUT2D eigenvalue weighted by atomic mass is 79.9. The predicted octanol–water partition coefficient (Wildman–Crippen LogP) is 4.39. The van der Waals surface area contributed by atoms with E-state index in [4.69, 9.17) is 5.73 Å². The third-order valence-corrected chi connectivity index (χ3v) is 4.69. The van der Waals surface area contributed by atoms with Crippen LogP contribution in [0.1, 0.15) is 10.9 Å². The molecule has 90 valence electrons. The summed E-state index contributed by atoms with van der Waals surface area (Å²) >= 11 is 8.59. The number of thiophene rings is 1. The monoisotopic (exact) mass is 374 g/mol. The van der Waals surface area contributed by atoms with E-state index in [0.717, 1.165) is 14.6 Å². The zero-order chi connectivity index (χ0) is 12.3. The first-order chi connectivity index (χ1) is 8.19. The van der Waals surface area contributed by atoms with E-state index in [2.05, 4.69) is 48.6 Å². The van der Waals surface area contributed by atoms with E-state index in [0.29, 0.717) is 6.54 Å². The molecule has 3 N–H and O–H groups in total. The Kier molecular flexibility index (Phi) is 4.62. The summed E-state index contributed by atoms with van der Waals surface area (Å²) in [7, 11) is 0. The summed E-state index contributed by atoms with van der Waals surface area (Å²) in [5.41, 5.74) is 6.89. The first kappa shape index (κ1) is 13.1. The average Bonchev–Trinajstić information content (AvgIpc) is 2.75. The van der Waals surface area contributed by atoms with Crippen LogP contribution < -0.4 is 11.1 Å². The molecule has 1 atom stereocenters. The van der Waals surface area contributed by atoms with Crippen molar-refractivity contribution < 1.29 is 0 Å². The van der Waals surface area contributed by atoms with Crippen LogP contribution in [0.15, 0.2) is 44.7 Å². The zero-order valence-corrected chi connectivity index (χ0v) is 13.0. The number of benzene rings is 1. The van der Waals surface area contributed by atoms with Gasteiger partial charge in [0.15, 0.2) is 0 Å². The molecule has 0 saturated heterocycles. The largest absolute Gasteiger partial charge is 0.376 e. The first-order valence-electron chi connectivity index (χ1n) is 5.15. The summed E-state index contributed by atoms with van der Waals surface area (Å²) in [6.07, 6.45) is 0. The Labute approximate surface area is 121 Å². The van der Waals surface area contributed by atoms with Crippen LogP contribution in [0.5, 0.6) is 0 Å². The summed E-state index contributed by atoms with van der Waals surface area (Å²) in [6.45, 7) is 0.572. The molecule has 0 bridgehead atoms. The summed E-state index contributed by atoms with van der Waals surface area (Å²) < 4.78 is 2.18. The Morgan fingerprint density at radius 1 is 1.18 bits per heavy atom. The number of nitrogens with two attached hydrogens (primary N) is 1. The molecular formula is C12H12Br2N2S. The van der Waals surface area contributed by atoms with E-state index < -0.39 is 0 Å². The maximum absolute atomic E-state index is 5.81. The van der Waals surface area contributed by atoms with Gasteiger partial charge in [-0.05, 0) is 46.3 Å². The van der Waals surface area contributed by atoms with Crippen molar-refractivity contribution in [3.05, 3.63) is 49.5 Å². The Morgan fingerprint density at radius 2 is 1.88 bits per heavy atom. The van der Waals surface area contributed by atoms with Gasteiger partial charge in [0.1, 0.15) is 0 Å². The summed E-state index contributed by atoms with van der Waals surface area (Å²) in [4.78, 5) is 1.24. The van der Waals surface area contributed by atoms with Crippen LogP contribution in [0.4, 0.5) is 5.69 Å². The molecule has 0 aliphatic rings. The minimum atomic E-state index is 0.160. The lowest BCUT2D eigenvalue weighted by molar-refractivity contribution is 0.805. The van der Waals surface area contributed by atoms with Gasteiger partial charge in [-0.3, -0.25) is 0 Å². The summed E-state index contributed by atoms with van der Waals surface area (Å²) in [5.74, 6) is 0. The highest BCUT2D eigenvalue weighted by Gasteiger charge is 2.11. The highest BCUT2D eigenvalue weighted by molar-refractivity contribution is 9.10. The lowest BCUT2D eigenvalue weighted by atomic mass is 10.2. The normalized spacial score (nSPS) is 12.4. The third kappa shape index (κ3) is 3.55. The lowest BCUT2D eigenvalue weighted by Gasteiger charge is -2.16. The van der Waals surface area contributed by atoms with Crippen molar-refractivity contribution in [2.45, 2.75) is 6.04 Å². The Hall–Kier alpha value is -0.360. The van der Waals surface area contributed by atoms with E-state index in [1.165, 1.54) is 4.88 Å². The van der Waals surface area contributed by atoms with Crippen LogP contribution in [-0.2, 0) is 0 Å². The van der Waals surface area contributed by atoms with Crippen molar-refractivity contribution in [1.29, 1.82) is 0 Å². The second-order valence-corrected chi connectivity index (χ2v) is 6.38. The number of hydrogen-bond acceptors (Lipinski definition) is 3. The van der Waals surface area contributed by atoms with E-state index in [1.807, 2.05) is 24.3 Å². The van der Waals surface area contributed by atoms with Gasteiger partial charge in [-0.2, -0.15) is 0 Å². The molecule has 2 rings (SSSR count). The second kappa shape index (κ2) is 6.00. The molecule has 5 heteroatoms. The Bertz CT molecular complexity index is 482. The lowest BCUT2D eigenvalue weighted by Crippen LogP contribution is -2.19. The molecule has 0 aliphatic carbocycles. The number of anilines is 1. The molecule has 1 aromatic heterocycles. The van der Waals surface area contributed by atoms with Crippen molar-refractivity contribution in [2.24, 2.45) is 5.73 Å². The van der Waals surface area contributed by atoms with Crippen LogP contribution in [0.25, 0.3) is 0 Å². The minimum absolute atomic E-state index is 0.160. The van der Waals surface area contributed by atoms with Crippen LogP contribution in [0, 0.1) is 0 Å². The molecule has 0 amide bonds.